The zero-order chi connectivity index (χ0) is 12.1. The number of carbonyl (C=O) groups excluding carboxylic acids is 1. The SMILES string of the molecule is CNCCC(=O)N(CC(F)(F)F)C(C)C. The van der Waals surface area contributed by atoms with E-state index >= 15 is 0 Å². The molecule has 0 spiro atoms. The van der Waals surface area contributed by atoms with E-state index in [1.807, 2.05) is 0 Å². The van der Waals surface area contributed by atoms with Gasteiger partial charge in [-0.1, -0.05) is 0 Å². The first-order chi connectivity index (χ1) is 6.78. The normalized spacial score (nSPS) is 11.9. The molecule has 0 aliphatic rings. The predicted octanol–water partition coefficient (Wildman–Crippen LogP) is 1.40. The van der Waals surface area contributed by atoms with Crippen LogP contribution in [0.4, 0.5) is 13.2 Å². The number of alkyl halides is 3. The van der Waals surface area contributed by atoms with Gasteiger partial charge < -0.3 is 10.2 Å². The van der Waals surface area contributed by atoms with Crippen LogP contribution in [0, 0.1) is 0 Å². The molecule has 0 fully saturated rings. The van der Waals surface area contributed by atoms with Crippen LogP contribution >= 0.6 is 0 Å². The van der Waals surface area contributed by atoms with Crippen molar-refractivity contribution in [3.63, 3.8) is 0 Å². The minimum atomic E-state index is -4.33. The topological polar surface area (TPSA) is 32.3 Å². The van der Waals surface area contributed by atoms with E-state index in [1.54, 1.807) is 20.9 Å². The second kappa shape index (κ2) is 5.95. The number of rotatable bonds is 5. The fourth-order valence-corrected chi connectivity index (χ4v) is 1.13. The Bertz CT molecular complexity index is 204. The number of nitrogens with zero attached hydrogens (tertiary/aromatic N) is 1. The van der Waals surface area contributed by atoms with Crippen molar-refractivity contribution in [1.29, 1.82) is 0 Å². The first kappa shape index (κ1) is 14.2. The van der Waals surface area contributed by atoms with E-state index in [0.717, 1.165) is 4.90 Å². The van der Waals surface area contributed by atoms with Crippen LogP contribution in [0.5, 0.6) is 0 Å². The van der Waals surface area contributed by atoms with E-state index in [4.69, 9.17) is 0 Å². The molecule has 15 heavy (non-hydrogen) atoms. The Kier molecular flexibility index (Phi) is 5.64. The summed E-state index contributed by atoms with van der Waals surface area (Å²) in [4.78, 5) is 12.3. The van der Waals surface area contributed by atoms with Crippen molar-refractivity contribution in [2.75, 3.05) is 20.1 Å². The Balaban J connectivity index is 4.33. The molecule has 0 aromatic rings. The molecule has 0 aliphatic carbocycles. The maximum Gasteiger partial charge on any atom is 0.406 e. The number of hydrogen-bond acceptors (Lipinski definition) is 2. The Morgan fingerprint density at radius 3 is 2.27 bits per heavy atom. The maximum absolute atomic E-state index is 12.1. The second-order valence-electron chi connectivity index (χ2n) is 3.58. The molecule has 0 bridgehead atoms. The average molecular weight is 226 g/mol. The number of hydrogen-bond donors (Lipinski definition) is 1. The van der Waals surface area contributed by atoms with Crippen LogP contribution in [0.1, 0.15) is 20.3 Å². The molecule has 0 saturated carbocycles. The van der Waals surface area contributed by atoms with Gasteiger partial charge >= 0.3 is 6.18 Å². The van der Waals surface area contributed by atoms with E-state index < -0.39 is 24.7 Å². The number of carbonyl (C=O) groups is 1. The molecule has 6 heteroatoms. The smallest absolute Gasteiger partial charge is 0.331 e. The number of halogens is 3. The van der Waals surface area contributed by atoms with Crippen LogP contribution in [-0.4, -0.2) is 43.2 Å². The average Bonchev–Trinajstić information content (AvgIpc) is 2.08. The molecular weight excluding hydrogens is 209 g/mol. The summed E-state index contributed by atoms with van der Waals surface area (Å²) in [5.41, 5.74) is 0. The van der Waals surface area contributed by atoms with E-state index in [1.165, 1.54) is 0 Å². The molecule has 1 amide bonds. The fourth-order valence-electron chi connectivity index (χ4n) is 1.13. The van der Waals surface area contributed by atoms with Crippen LogP contribution in [-0.2, 0) is 4.79 Å². The van der Waals surface area contributed by atoms with Crippen molar-refractivity contribution < 1.29 is 18.0 Å². The Labute approximate surface area is 87.6 Å². The Hall–Kier alpha value is -0.780. The zero-order valence-electron chi connectivity index (χ0n) is 9.19. The predicted molar refractivity (Wildman–Crippen MR) is 51.4 cm³/mol. The first-order valence-electron chi connectivity index (χ1n) is 4.78. The Morgan fingerprint density at radius 2 is 1.93 bits per heavy atom. The third kappa shape index (κ3) is 6.33. The van der Waals surface area contributed by atoms with Gasteiger partial charge in [0.25, 0.3) is 0 Å². The third-order valence-corrected chi connectivity index (χ3v) is 1.88. The minimum absolute atomic E-state index is 0.0881. The molecule has 0 heterocycles. The summed E-state index contributed by atoms with van der Waals surface area (Å²) in [5, 5.41) is 2.73. The molecule has 0 unspecified atom stereocenters. The molecule has 0 aromatic carbocycles. The van der Waals surface area contributed by atoms with E-state index in [9.17, 15) is 18.0 Å². The third-order valence-electron chi connectivity index (χ3n) is 1.88. The van der Waals surface area contributed by atoms with Gasteiger partial charge in [0.1, 0.15) is 6.54 Å². The fraction of sp³-hybridized carbons (Fsp3) is 0.889. The summed E-state index contributed by atoms with van der Waals surface area (Å²) >= 11 is 0. The van der Waals surface area contributed by atoms with Gasteiger partial charge in [-0.05, 0) is 20.9 Å². The number of nitrogens with one attached hydrogen (secondary N) is 1. The van der Waals surface area contributed by atoms with E-state index in [0.29, 0.717) is 6.54 Å². The summed E-state index contributed by atoms with van der Waals surface area (Å²) in [6.07, 6.45) is -4.25. The highest BCUT2D eigenvalue weighted by atomic mass is 19.4. The van der Waals surface area contributed by atoms with E-state index in [2.05, 4.69) is 5.32 Å². The molecule has 0 saturated heterocycles. The molecule has 0 rings (SSSR count). The van der Waals surface area contributed by atoms with Gasteiger partial charge in [0.15, 0.2) is 0 Å². The highest BCUT2D eigenvalue weighted by Gasteiger charge is 2.33. The Morgan fingerprint density at radius 1 is 1.40 bits per heavy atom. The summed E-state index contributed by atoms with van der Waals surface area (Å²) < 4.78 is 36.4. The van der Waals surface area contributed by atoms with Crippen molar-refractivity contribution in [3.8, 4) is 0 Å². The summed E-state index contributed by atoms with van der Waals surface area (Å²) in [6.45, 7) is 2.36. The highest BCUT2D eigenvalue weighted by Crippen LogP contribution is 2.18. The van der Waals surface area contributed by atoms with Crippen LogP contribution in [0.15, 0.2) is 0 Å². The summed E-state index contributed by atoms with van der Waals surface area (Å²) in [5.74, 6) is -0.475. The molecule has 0 atom stereocenters. The molecule has 0 radical (unpaired) electrons. The molecular formula is C9H17F3N2O. The molecule has 90 valence electrons. The van der Waals surface area contributed by atoms with Gasteiger partial charge in [-0.2, -0.15) is 13.2 Å². The standard InChI is InChI=1S/C9H17F3N2O/c1-7(2)14(6-9(10,11)12)8(15)4-5-13-3/h7,13H,4-6H2,1-3H3. The molecule has 0 aliphatic heterocycles. The summed E-state index contributed by atoms with van der Waals surface area (Å²) in [7, 11) is 1.65. The van der Waals surface area contributed by atoms with E-state index in [-0.39, 0.29) is 6.42 Å². The molecule has 1 N–H and O–H groups in total. The van der Waals surface area contributed by atoms with Crippen molar-refractivity contribution in [2.24, 2.45) is 0 Å². The highest BCUT2D eigenvalue weighted by molar-refractivity contribution is 5.76. The lowest BCUT2D eigenvalue weighted by atomic mass is 10.2. The van der Waals surface area contributed by atoms with Crippen molar-refractivity contribution in [3.05, 3.63) is 0 Å². The van der Waals surface area contributed by atoms with Gasteiger partial charge in [-0.15, -0.1) is 0 Å². The summed E-state index contributed by atoms with van der Waals surface area (Å²) in [6, 6.07) is -0.434. The van der Waals surface area contributed by atoms with Gasteiger partial charge in [0.2, 0.25) is 5.91 Å². The minimum Gasteiger partial charge on any atom is -0.331 e. The van der Waals surface area contributed by atoms with Crippen molar-refractivity contribution >= 4 is 5.91 Å². The van der Waals surface area contributed by atoms with Gasteiger partial charge in [0, 0.05) is 19.0 Å². The van der Waals surface area contributed by atoms with Gasteiger partial charge in [-0.25, -0.2) is 0 Å². The lowest BCUT2D eigenvalue weighted by Crippen LogP contribution is -2.43. The lowest BCUT2D eigenvalue weighted by molar-refractivity contribution is -0.164. The second-order valence-corrected chi connectivity index (χ2v) is 3.58. The van der Waals surface area contributed by atoms with Crippen LogP contribution in [0.25, 0.3) is 0 Å². The van der Waals surface area contributed by atoms with Gasteiger partial charge in [0.05, 0.1) is 0 Å². The lowest BCUT2D eigenvalue weighted by Gasteiger charge is -2.27. The number of amides is 1. The van der Waals surface area contributed by atoms with Crippen LogP contribution in [0.2, 0.25) is 0 Å². The van der Waals surface area contributed by atoms with Crippen molar-refractivity contribution in [1.82, 2.24) is 10.2 Å². The largest absolute Gasteiger partial charge is 0.406 e. The first-order valence-corrected chi connectivity index (χ1v) is 4.78. The zero-order valence-corrected chi connectivity index (χ0v) is 9.19. The molecule has 3 nitrogen and oxygen atoms in total. The molecule has 0 aromatic heterocycles. The van der Waals surface area contributed by atoms with Crippen LogP contribution < -0.4 is 5.32 Å². The quantitative estimate of drug-likeness (QED) is 0.768. The van der Waals surface area contributed by atoms with Crippen LogP contribution in [0.3, 0.4) is 0 Å². The van der Waals surface area contributed by atoms with Gasteiger partial charge in [-0.3, -0.25) is 4.79 Å². The monoisotopic (exact) mass is 226 g/mol. The maximum atomic E-state index is 12.1. The van der Waals surface area contributed by atoms with Crippen molar-refractivity contribution in [2.45, 2.75) is 32.5 Å².